The van der Waals surface area contributed by atoms with Crippen LogP contribution in [0.3, 0.4) is 0 Å². The Morgan fingerprint density at radius 1 is 1.15 bits per heavy atom. The molecule has 170 valence electrons. The van der Waals surface area contributed by atoms with E-state index < -0.39 is 5.97 Å². The number of thiazole rings is 1. The number of hydrogen-bond acceptors (Lipinski definition) is 8. The number of ether oxygens (including phenoxy) is 2. The molecule has 0 aliphatic carbocycles. The maximum atomic E-state index is 12.5. The highest BCUT2D eigenvalue weighted by atomic mass is 35.5. The number of halogens is 2. The third kappa shape index (κ3) is 5.50. The molecule has 0 saturated carbocycles. The quantitative estimate of drug-likeness (QED) is 0.260. The second-order valence-corrected chi connectivity index (χ2v) is 9.37. The summed E-state index contributed by atoms with van der Waals surface area (Å²) in [4.78, 5) is 17.2. The summed E-state index contributed by atoms with van der Waals surface area (Å²) in [5.74, 6) is 0.234. The predicted octanol–water partition coefficient (Wildman–Crippen LogP) is 6.09. The first-order chi connectivity index (χ1) is 16.0. The molecule has 0 bridgehead atoms. The zero-order chi connectivity index (χ0) is 23.4. The van der Waals surface area contributed by atoms with Gasteiger partial charge in [-0.3, -0.25) is 0 Å². The number of aromatic nitrogens is 4. The van der Waals surface area contributed by atoms with Crippen molar-refractivity contribution < 1.29 is 14.3 Å². The van der Waals surface area contributed by atoms with Crippen molar-refractivity contribution >= 4 is 52.3 Å². The normalized spacial score (nSPS) is 10.9. The number of rotatable bonds is 8. The maximum Gasteiger partial charge on any atom is 0.361 e. The molecule has 11 heteroatoms. The molecular weight excluding hydrogens is 503 g/mol. The molecule has 0 fully saturated rings. The van der Waals surface area contributed by atoms with Gasteiger partial charge in [-0.15, -0.1) is 16.4 Å². The van der Waals surface area contributed by atoms with Crippen molar-refractivity contribution in [2.45, 2.75) is 23.5 Å². The second-order valence-electron chi connectivity index (χ2n) is 6.69. The first kappa shape index (κ1) is 23.6. The third-order valence-corrected chi connectivity index (χ3v) is 7.30. The third-order valence-electron chi connectivity index (χ3n) is 4.50. The lowest BCUT2D eigenvalue weighted by Gasteiger charge is -2.07. The van der Waals surface area contributed by atoms with Crippen molar-refractivity contribution in [2.75, 3.05) is 13.7 Å². The Hall–Kier alpha value is -2.59. The van der Waals surface area contributed by atoms with Gasteiger partial charge >= 0.3 is 5.97 Å². The Morgan fingerprint density at radius 3 is 2.64 bits per heavy atom. The van der Waals surface area contributed by atoms with Crippen LogP contribution in [0.2, 0.25) is 10.0 Å². The molecule has 2 aromatic heterocycles. The smallest absolute Gasteiger partial charge is 0.361 e. The highest BCUT2D eigenvalue weighted by molar-refractivity contribution is 7.99. The summed E-state index contributed by atoms with van der Waals surface area (Å²) in [5, 5.41) is 13.2. The van der Waals surface area contributed by atoms with Crippen molar-refractivity contribution in [3.05, 3.63) is 69.1 Å². The highest BCUT2D eigenvalue weighted by Gasteiger charge is 2.23. The molecule has 33 heavy (non-hydrogen) atoms. The Bertz CT molecular complexity index is 1280. The lowest BCUT2D eigenvalue weighted by atomic mass is 10.2. The molecule has 0 aliphatic heterocycles. The standard InChI is InChI=1S/C22H18Cl2N4O3S2/c1-3-31-22(29)19-21(28(27-26-19)11-13-4-7-15(30-2)8-5-13)33-18-12-32-20(25-18)14-6-9-16(23)17(24)10-14/h4-10,12H,3,11H2,1-2H3. The Balaban J connectivity index is 1.63. The van der Waals surface area contributed by atoms with Gasteiger partial charge in [0, 0.05) is 10.9 Å². The van der Waals surface area contributed by atoms with Crippen molar-refractivity contribution in [2.24, 2.45) is 0 Å². The minimum atomic E-state index is -0.527. The fourth-order valence-corrected chi connectivity index (χ4v) is 5.04. The Labute approximate surface area is 208 Å². The van der Waals surface area contributed by atoms with E-state index in [9.17, 15) is 4.79 Å². The average molecular weight is 521 g/mol. The zero-order valence-electron chi connectivity index (χ0n) is 17.6. The highest BCUT2D eigenvalue weighted by Crippen LogP contribution is 2.36. The molecule has 4 aromatic rings. The van der Waals surface area contributed by atoms with Crippen LogP contribution < -0.4 is 4.74 Å². The monoisotopic (exact) mass is 520 g/mol. The molecule has 0 aliphatic rings. The van der Waals surface area contributed by atoms with E-state index in [-0.39, 0.29) is 12.3 Å². The molecule has 7 nitrogen and oxygen atoms in total. The Morgan fingerprint density at radius 2 is 1.94 bits per heavy atom. The molecule has 0 radical (unpaired) electrons. The van der Waals surface area contributed by atoms with Gasteiger partial charge in [0.15, 0.2) is 0 Å². The topological polar surface area (TPSA) is 79.1 Å². The first-order valence-corrected chi connectivity index (χ1v) is 12.3. The molecule has 0 amide bonds. The molecule has 2 aromatic carbocycles. The van der Waals surface area contributed by atoms with Gasteiger partial charge in [-0.25, -0.2) is 14.5 Å². The van der Waals surface area contributed by atoms with Crippen LogP contribution in [0.15, 0.2) is 57.9 Å². The van der Waals surface area contributed by atoms with Crippen molar-refractivity contribution in [1.82, 2.24) is 20.0 Å². The summed E-state index contributed by atoms with van der Waals surface area (Å²) in [6.45, 7) is 2.41. The lowest BCUT2D eigenvalue weighted by Crippen LogP contribution is -2.08. The molecule has 2 heterocycles. The van der Waals surface area contributed by atoms with E-state index in [2.05, 4.69) is 15.3 Å². The van der Waals surface area contributed by atoms with E-state index in [4.69, 9.17) is 32.7 Å². The summed E-state index contributed by atoms with van der Waals surface area (Å²) in [5.41, 5.74) is 1.99. The number of esters is 1. The molecule has 0 atom stereocenters. The number of benzene rings is 2. The van der Waals surface area contributed by atoms with Crippen LogP contribution in [0.1, 0.15) is 23.0 Å². The van der Waals surface area contributed by atoms with Gasteiger partial charge in [0.1, 0.15) is 20.8 Å². The minimum Gasteiger partial charge on any atom is -0.497 e. The summed E-state index contributed by atoms with van der Waals surface area (Å²) in [6, 6.07) is 13.0. The number of hydrogen-bond donors (Lipinski definition) is 0. The number of methoxy groups -OCH3 is 1. The van der Waals surface area contributed by atoms with E-state index in [1.165, 1.54) is 23.1 Å². The lowest BCUT2D eigenvalue weighted by molar-refractivity contribution is 0.0515. The maximum absolute atomic E-state index is 12.5. The van der Waals surface area contributed by atoms with Crippen LogP contribution >= 0.6 is 46.3 Å². The van der Waals surface area contributed by atoms with Gasteiger partial charge in [0.25, 0.3) is 0 Å². The van der Waals surface area contributed by atoms with Crippen LogP contribution in [0.5, 0.6) is 5.75 Å². The predicted molar refractivity (Wildman–Crippen MR) is 130 cm³/mol. The van der Waals surface area contributed by atoms with E-state index in [0.717, 1.165) is 21.9 Å². The molecule has 0 N–H and O–H groups in total. The molecule has 0 saturated heterocycles. The average Bonchev–Trinajstić information content (AvgIpc) is 3.44. The van der Waals surface area contributed by atoms with Gasteiger partial charge in [-0.1, -0.05) is 46.6 Å². The summed E-state index contributed by atoms with van der Waals surface area (Å²) in [6.07, 6.45) is 0. The van der Waals surface area contributed by atoms with Crippen LogP contribution in [-0.2, 0) is 11.3 Å². The van der Waals surface area contributed by atoms with Crippen LogP contribution in [0.25, 0.3) is 10.6 Å². The summed E-state index contributed by atoms with van der Waals surface area (Å²) < 4.78 is 12.0. The summed E-state index contributed by atoms with van der Waals surface area (Å²) in [7, 11) is 1.62. The van der Waals surface area contributed by atoms with Gasteiger partial charge in [0.05, 0.1) is 30.3 Å². The SMILES string of the molecule is CCOC(=O)c1nnn(Cc2ccc(OC)cc2)c1Sc1csc(-c2ccc(Cl)c(Cl)c2)n1. The van der Waals surface area contributed by atoms with Crippen LogP contribution in [0, 0.1) is 0 Å². The number of carbonyl (C=O) groups excluding carboxylic acids is 1. The van der Waals surface area contributed by atoms with E-state index >= 15 is 0 Å². The van der Waals surface area contributed by atoms with Gasteiger partial charge in [-0.05, 0) is 48.5 Å². The van der Waals surface area contributed by atoms with Crippen molar-refractivity contribution in [1.29, 1.82) is 0 Å². The molecule has 4 rings (SSSR count). The van der Waals surface area contributed by atoms with Crippen LogP contribution in [-0.4, -0.2) is 39.7 Å². The minimum absolute atomic E-state index is 0.152. The van der Waals surface area contributed by atoms with Gasteiger partial charge in [-0.2, -0.15) is 0 Å². The van der Waals surface area contributed by atoms with Crippen LogP contribution in [0.4, 0.5) is 0 Å². The zero-order valence-corrected chi connectivity index (χ0v) is 20.8. The van der Waals surface area contributed by atoms with E-state index in [0.29, 0.717) is 26.6 Å². The molecular formula is C22H18Cl2N4O3S2. The summed E-state index contributed by atoms with van der Waals surface area (Å²) >= 11 is 14.9. The van der Waals surface area contributed by atoms with Crippen molar-refractivity contribution in [3.63, 3.8) is 0 Å². The molecule has 0 unspecified atom stereocenters. The van der Waals surface area contributed by atoms with Gasteiger partial charge < -0.3 is 9.47 Å². The number of nitrogens with zero attached hydrogens (tertiary/aromatic N) is 4. The largest absolute Gasteiger partial charge is 0.497 e. The van der Waals surface area contributed by atoms with E-state index in [1.807, 2.05) is 35.7 Å². The fourth-order valence-electron chi connectivity index (χ4n) is 2.91. The Kier molecular flexibility index (Phi) is 7.54. The first-order valence-electron chi connectivity index (χ1n) is 9.80. The molecule has 0 spiro atoms. The number of carbonyl (C=O) groups is 1. The van der Waals surface area contributed by atoms with Crippen molar-refractivity contribution in [3.8, 4) is 16.3 Å². The fraction of sp³-hybridized carbons (Fsp3) is 0.182. The van der Waals surface area contributed by atoms with Gasteiger partial charge in [0.2, 0.25) is 5.69 Å². The second kappa shape index (κ2) is 10.6. The van der Waals surface area contributed by atoms with E-state index in [1.54, 1.807) is 30.8 Å².